The van der Waals surface area contributed by atoms with Gasteiger partial charge in [-0.05, 0) is 18.6 Å². The van der Waals surface area contributed by atoms with Crippen molar-refractivity contribution >= 4 is 5.91 Å². The first kappa shape index (κ1) is 12.7. The smallest absolute Gasteiger partial charge is 0.219 e. The Morgan fingerprint density at radius 2 is 2.44 bits per heavy atom. The minimum absolute atomic E-state index is 0.0130. The topological polar surface area (TPSA) is 67.8 Å². The Balaban J connectivity index is 1.82. The van der Waals surface area contributed by atoms with Gasteiger partial charge in [0.25, 0.3) is 0 Å². The summed E-state index contributed by atoms with van der Waals surface area (Å²) in [6.07, 6.45) is 0.582. The number of aliphatic hydroxyl groups is 1. The summed E-state index contributed by atoms with van der Waals surface area (Å²) in [5, 5.41) is 12.1. The molecular weight excluding hydrogens is 234 g/mol. The highest BCUT2D eigenvalue weighted by molar-refractivity contribution is 5.75. The van der Waals surface area contributed by atoms with Crippen molar-refractivity contribution in [3.05, 3.63) is 23.8 Å². The molecule has 1 aliphatic rings. The minimum Gasteiger partial charge on any atom is -0.493 e. The van der Waals surface area contributed by atoms with Gasteiger partial charge in [0, 0.05) is 25.1 Å². The number of aliphatic hydroxyl groups excluding tert-OH is 1. The van der Waals surface area contributed by atoms with Gasteiger partial charge in [0.15, 0.2) is 0 Å². The minimum atomic E-state index is -0.540. The molecule has 1 atom stereocenters. The number of carbonyl (C=O) groups is 1. The van der Waals surface area contributed by atoms with E-state index in [-0.39, 0.29) is 5.91 Å². The summed E-state index contributed by atoms with van der Waals surface area (Å²) in [5.41, 5.74) is 0.799. The van der Waals surface area contributed by atoms with Crippen LogP contribution in [0.2, 0.25) is 0 Å². The van der Waals surface area contributed by atoms with Gasteiger partial charge < -0.3 is 19.9 Å². The van der Waals surface area contributed by atoms with Crippen LogP contribution in [0.5, 0.6) is 11.5 Å². The zero-order chi connectivity index (χ0) is 13.0. The number of hydrogen-bond acceptors (Lipinski definition) is 4. The molecule has 18 heavy (non-hydrogen) atoms. The van der Waals surface area contributed by atoms with E-state index in [4.69, 9.17) is 9.47 Å². The van der Waals surface area contributed by atoms with Crippen molar-refractivity contribution < 1.29 is 19.4 Å². The predicted molar refractivity (Wildman–Crippen MR) is 65.7 cm³/mol. The highest BCUT2D eigenvalue weighted by atomic mass is 16.5. The van der Waals surface area contributed by atoms with E-state index in [2.05, 4.69) is 5.32 Å². The van der Waals surface area contributed by atoms with Gasteiger partial charge in [0.05, 0.1) is 6.61 Å². The molecule has 0 bridgehead atoms. The average molecular weight is 251 g/mol. The average Bonchev–Trinajstić information content (AvgIpc) is 2.76. The van der Waals surface area contributed by atoms with Crippen molar-refractivity contribution in [2.75, 3.05) is 20.3 Å². The van der Waals surface area contributed by atoms with E-state index in [1.54, 1.807) is 25.2 Å². The number of fused-ring (bicyclic) bond motifs is 1. The molecule has 0 aliphatic carbocycles. The summed E-state index contributed by atoms with van der Waals surface area (Å²) >= 11 is 0. The summed E-state index contributed by atoms with van der Waals surface area (Å²) < 4.78 is 10.8. The fraction of sp³-hybridized carbons (Fsp3) is 0.462. The van der Waals surface area contributed by atoms with Crippen molar-refractivity contribution in [1.29, 1.82) is 0 Å². The van der Waals surface area contributed by atoms with Crippen molar-refractivity contribution in [3.8, 4) is 11.5 Å². The number of hydrogen-bond donors (Lipinski definition) is 2. The maximum absolute atomic E-state index is 11.0. The Kier molecular flexibility index (Phi) is 4.04. The Morgan fingerprint density at radius 1 is 1.61 bits per heavy atom. The number of carbonyl (C=O) groups excluding carboxylic acids is 1. The molecule has 0 saturated heterocycles. The molecule has 2 rings (SSSR count). The molecule has 1 heterocycles. The molecule has 5 heteroatoms. The maximum atomic E-state index is 11.0. The quantitative estimate of drug-likeness (QED) is 0.767. The summed E-state index contributed by atoms with van der Waals surface area (Å²) in [6.45, 7) is 0.782. The third-order valence-electron chi connectivity index (χ3n) is 2.84. The number of ether oxygens (including phenoxy) is 2. The molecule has 0 radical (unpaired) electrons. The van der Waals surface area contributed by atoms with E-state index in [1.165, 1.54) is 0 Å². The first-order chi connectivity index (χ1) is 8.70. The van der Waals surface area contributed by atoms with Crippen molar-refractivity contribution in [1.82, 2.24) is 5.32 Å². The molecule has 98 valence electrons. The molecule has 1 aromatic rings. The lowest BCUT2D eigenvalue weighted by atomic mass is 10.1. The van der Waals surface area contributed by atoms with Gasteiger partial charge in [0.2, 0.25) is 5.91 Å². The van der Waals surface area contributed by atoms with Crippen LogP contribution in [0.1, 0.15) is 24.5 Å². The van der Waals surface area contributed by atoms with E-state index in [1.807, 2.05) is 0 Å². The van der Waals surface area contributed by atoms with E-state index in [0.717, 1.165) is 5.56 Å². The van der Waals surface area contributed by atoms with Gasteiger partial charge in [-0.15, -0.1) is 0 Å². The van der Waals surface area contributed by atoms with Crippen molar-refractivity contribution in [2.24, 2.45) is 0 Å². The zero-order valence-electron chi connectivity index (χ0n) is 10.3. The van der Waals surface area contributed by atoms with E-state index < -0.39 is 6.10 Å². The fourth-order valence-corrected chi connectivity index (χ4v) is 1.81. The lowest BCUT2D eigenvalue weighted by Crippen LogP contribution is -2.18. The van der Waals surface area contributed by atoms with Crippen LogP contribution in [0.15, 0.2) is 18.2 Å². The molecule has 1 aliphatic heterocycles. The normalized spacial score (nSPS) is 16.9. The van der Waals surface area contributed by atoms with Gasteiger partial charge in [-0.25, -0.2) is 0 Å². The van der Waals surface area contributed by atoms with Crippen LogP contribution >= 0.6 is 0 Å². The zero-order valence-corrected chi connectivity index (χ0v) is 10.3. The summed E-state index contributed by atoms with van der Waals surface area (Å²) in [4.78, 5) is 11.0. The lowest BCUT2D eigenvalue weighted by molar-refractivity contribution is -0.120. The van der Waals surface area contributed by atoms with Crippen LogP contribution < -0.4 is 14.8 Å². The van der Waals surface area contributed by atoms with Crippen LogP contribution in [0, 0.1) is 0 Å². The monoisotopic (exact) mass is 251 g/mol. The van der Waals surface area contributed by atoms with Gasteiger partial charge in [-0.2, -0.15) is 0 Å². The molecular formula is C13H17NO4. The van der Waals surface area contributed by atoms with Gasteiger partial charge in [0.1, 0.15) is 24.2 Å². The Bertz CT molecular complexity index is 433. The van der Waals surface area contributed by atoms with Crippen LogP contribution in [-0.4, -0.2) is 31.3 Å². The van der Waals surface area contributed by atoms with E-state index >= 15 is 0 Å². The molecule has 0 fully saturated rings. The van der Waals surface area contributed by atoms with Gasteiger partial charge >= 0.3 is 0 Å². The number of amides is 1. The SMILES string of the molecule is CNC(=O)CCCOc1ccc2c(c1)OCC2O. The van der Waals surface area contributed by atoms with Crippen LogP contribution in [0.3, 0.4) is 0 Å². The van der Waals surface area contributed by atoms with E-state index in [0.29, 0.717) is 37.6 Å². The lowest BCUT2D eigenvalue weighted by Gasteiger charge is -2.07. The second kappa shape index (κ2) is 5.73. The largest absolute Gasteiger partial charge is 0.493 e. The predicted octanol–water partition coefficient (Wildman–Crippen LogP) is 1.02. The molecule has 0 spiro atoms. The third kappa shape index (κ3) is 2.92. The molecule has 5 nitrogen and oxygen atoms in total. The summed E-state index contributed by atoms with van der Waals surface area (Å²) in [6, 6.07) is 5.38. The van der Waals surface area contributed by atoms with Gasteiger partial charge in [-0.1, -0.05) is 0 Å². The molecule has 1 aromatic carbocycles. The summed E-state index contributed by atoms with van der Waals surface area (Å²) in [5.74, 6) is 1.38. The molecule has 2 N–H and O–H groups in total. The first-order valence-corrected chi connectivity index (χ1v) is 5.99. The van der Waals surface area contributed by atoms with Crippen molar-refractivity contribution in [2.45, 2.75) is 18.9 Å². The maximum Gasteiger partial charge on any atom is 0.219 e. The highest BCUT2D eigenvalue weighted by Gasteiger charge is 2.21. The van der Waals surface area contributed by atoms with Crippen LogP contribution in [0.25, 0.3) is 0 Å². The number of nitrogens with one attached hydrogen (secondary N) is 1. The first-order valence-electron chi connectivity index (χ1n) is 5.99. The second-order valence-electron chi connectivity index (χ2n) is 4.15. The van der Waals surface area contributed by atoms with Crippen LogP contribution in [0.4, 0.5) is 0 Å². The van der Waals surface area contributed by atoms with Gasteiger partial charge in [-0.3, -0.25) is 4.79 Å². The van der Waals surface area contributed by atoms with Crippen molar-refractivity contribution in [3.63, 3.8) is 0 Å². The van der Waals surface area contributed by atoms with Crippen LogP contribution in [-0.2, 0) is 4.79 Å². The molecule has 0 aromatic heterocycles. The standard InChI is InChI=1S/C13H17NO4/c1-14-13(16)3-2-6-17-9-4-5-10-11(15)8-18-12(10)7-9/h4-5,7,11,15H,2-3,6,8H2,1H3,(H,14,16). The number of rotatable bonds is 5. The Morgan fingerprint density at radius 3 is 3.22 bits per heavy atom. The Hall–Kier alpha value is -1.75. The molecule has 0 saturated carbocycles. The molecule has 1 amide bonds. The van der Waals surface area contributed by atoms with E-state index in [9.17, 15) is 9.90 Å². The fourth-order valence-electron chi connectivity index (χ4n) is 1.81. The summed E-state index contributed by atoms with van der Waals surface area (Å²) in [7, 11) is 1.62. The second-order valence-corrected chi connectivity index (χ2v) is 4.15. The highest BCUT2D eigenvalue weighted by Crippen LogP contribution is 2.34. The number of benzene rings is 1. The Labute approximate surface area is 106 Å². The third-order valence-corrected chi connectivity index (χ3v) is 2.84. The molecule has 1 unspecified atom stereocenters.